The molecule has 0 radical (unpaired) electrons. The van der Waals surface area contributed by atoms with E-state index in [4.69, 9.17) is 0 Å². The predicted octanol–water partition coefficient (Wildman–Crippen LogP) is 7.66. The SMILES string of the molecule is OBc1ccc(-n2c3ccccc3c3cc(-c4ccc5c(c4)c4ccccc4n5-c4ccc(F)cc4)ccc32)cc1. The van der Waals surface area contributed by atoms with E-state index in [-0.39, 0.29) is 13.3 Å². The van der Waals surface area contributed by atoms with Gasteiger partial charge in [0.05, 0.1) is 22.1 Å². The van der Waals surface area contributed by atoms with Crippen LogP contribution in [0.4, 0.5) is 4.39 Å². The highest BCUT2D eigenvalue weighted by Gasteiger charge is 2.16. The molecule has 0 aliphatic rings. The van der Waals surface area contributed by atoms with E-state index in [1.807, 2.05) is 30.3 Å². The molecule has 8 rings (SSSR count). The van der Waals surface area contributed by atoms with Crippen molar-refractivity contribution in [1.29, 1.82) is 0 Å². The minimum Gasteiger partial charge on any atom is -0.449 e. The van der Waals surface area contributed by atoms with Gasteiger partial charge in [-0.15, -0.1) is 0 Å². The van der Waals surface area contributed by atoms with Gasteiger partial charge in [0.1, 0.15) is 5.82 Å². The molecule has 0 fully saturated rings. The smallest absolute Gasteiger partial charge is 0.304 e. The van der Waals surface area contributed by atoms with Crippen LogP contribution in [0.1, 0.15) is 0 Å². The molecular weight excluding hydrogens is 506 g/mol. The number of nitrogens with zero attached hydrogens (tertiary/aromatic N) is 2. The van der Waals surface area contributed by atoms with Crippen molar-refractivity contribution in [2.75, 3.05) is 0 Å². The second-order valence-electron chi connectivity index (χ2n) is 10.5. The van der Waals surface area contributed by atoms with E-state index in [0.29, 0.717) is 0 Å². The van der Waals surface area contributed by atoms with Crippen LogP contribution in [0.3, 0.4) is 0 Å². The molecule has 1 N–H and O–H groups in total. The summed E-state index contributed by atoms with van der Waals surface area (Å²) in [7, 11) is 0.0315. The first-order valence-electron chi connectivity index (χ1n) is 13.7. The molecule has 41 heavy (non-hydrogen) atoms. The first kappa shape index (κ1) is 23.7. The zero-order valence-corrected chi connectivity index (χ0v) is 22.1. The van der Waals surface area contributed by atoms with Gasteiger partial charge < -0.3 is 14.2 Å². The number of para-hydroxylation sites is 2. The maximum absolute atomic E-state index is 13.7. The van der Waals surface area contributed by atoms with Gasteiger partial charge >= 0.3 is 7.48 Å². The number of aromatic nitrogens is 2. The molecule has 2 heterocycles. The standard InChI is InChI=1S/C36H24BFN2O/c38-26-13-17-28(18-14-26)40-34-8-4-2-6-30(34)32-22-24(10-20-36(32)40)23-9-19-35-31(21-23)29-5-1-3-7-33(29)39(35)27-15-11-25(37-41)12-16-27/h1-22,37,41H. The first-order valence-corrected chi connectivity index (χ1v) is 13.7. The summed E-state index contributed by atoms with van der Waals surface area (Å²) in [6, 6.07) is 44.9. The lowest BCUT2D eigenvalue weighted by Gasteiger charge is -2.10. The molecule has 0 spiro atoms. The fourth-order valence-electron chi connectivity index (χ4n) is 6.20. The van der Waals surface area contributed by atoms with Crippen molar-refractivity contribution in [2.24, 2.45) is 0 Å². The van der Waals surface area contributed by atoms with Gasteiger partial charge in [-0.05, 0) is 83.9 Å². The summed E-state index contributed by atoms with van der Waals surface area (Å²) in [5, 5.41) is 14.2. The fraction of sp³-hybridized carbons (Fsp3) is 0. The van der Waals surface area contributed by atoms with Crippen LogP contribution >= 0.6 is 0 Å². The van der Waals surface area contributed by atoms with Gasteiger partial charge in [-0.3, -0.25) is 0 Å². The Morgan fingerprint density at radius 1 is 0.463 bits per heavy atom. The van der Waals surface area contributed by atoms with E-state index >= 15 is 0 Å². The minimum atomic E-state index is -0.240. The summed E-state index contributed by atoms with van der Waals surface area (Å²) in [4.78, 5) is 0. The molecule has 0 unspecified atom stereocenters. The Bertz CT molecular complexity index is 2250. The molecule has 0 aliphatic carbocycles. The van der Waals surface area contributed by atoms with Crippen molar-refractivity contribution in [3.63, 3.8) is 0 Å². The lowest BCUT2D eigenvalue weighted by atomic mass is 9.89. The monoisotopic (exact) mass is 530 g/mol. The average Bonchev–Trinajstić information content (AvgIpc) is 3.54. The van der Waals surface area contributed by atoms with Gasteiger partial charge in [0, 0.05) is 32.9 Å². The van der Waals surface area contributed by atoms with Crippen molar-refractivity contribution in [3.8, 4) is 22.5 Å². The maximum atomic E-state index is 13.7. The van der Waals surface area contributed by atoms with Gasteiger partial charge in [-0.2, -0.15) is 0 Å². The van der Waals surface area contributed by atoms with E-state index in [1.165, 1.54) is 22.9 Å². The molecule has 3 nitrogen and oxygen atoms in total. The molecule has 0 saturated heterocycles. The minimum absolute atomic E-state index is 0.0315. The van der Waals surface area contributed by atoms with Gasteiger partial charge in [-0.1, -0.05) is 66.1 Å². The third-order valence-corrected chi connectivity index (χ3v) is 8.14. The molecule has 8 aromatic rings. The number of benzene rings is 6. The van der Waals surface area contributed by atoms with E-state index < -0.39 is 0 Å². The molecule has 194 valence electrons. The highest BCUT2D eigenvalue weighted by molar-refractivity contribution is 6.45. The molecular formula is C36H24BFN2O. The first-order chi connectivity index (χ1) is 20.2. The van der Waals surface area contributed by atoms with Crippen molar-refractivity contribution >= 4 is 56.6 Å². The Kier molecular flexibility index (Phi) is 5.34. The van der Waals surface area contributed by atoms with Crippen LogP contribution in [0.15, 0.2) is 133 Å². The van der Waals surface area contributed by atoms with Gasteiger partial charge in [0.15, 0.2) is 0 Å². The molecule has 0 saturated carbocycles. The Morgan fingerprint density at radius 3 is 1.39 bits per heavy atom. The van der Waals surface area contributed by atoms with Gasteiger partial charge in [0.25, 0.3) is 0 Å². The van der Waals surface area contributed by atoms with Crippen molar-refractivity contribution in [3.05, 3.63) is 139 Å². The number of hydrogen-bond acceptors (Lipinski definition) is 1. The normalized spacial score (nSPS) is 11.7. The summed E-state index contributed by atoms with van der Waals surface area (Å²) in [5.41, 5.74) is 9.66. The maximum Gasteiger partial charge on any atom is 0.304 e. The highest BCUT2D eigenvalue weighted by Crippen LogP contribution is 2.38. The van der Waals surface area contributed by atoms with Crippen LogP contribution in [0.2, 0.25) is 0 Å². The molecule has 0 amide bonds. The van der Waals surface area contributed by atoms with E-state index in [1.54, 1.807) is 0 Å². The molecule has 6 aromatic carbocycles. The zero-order chi connectivity index (χ0) is 27.5. The number of rotatable bonds is 4. The second kappa shape index (κ2) is 9.22. The summed E-state index contributed by atoms with van der Waals surface area (Å²) in [5.74, 6) is -0.240. The van der Waals surface area contributed by atoms with Gasteiger partial charge in [0.2, 0.25) is 0 Å². The molecule has 0 bridgehead atoms. The Morgan fingerprint density at radius 2 is 0.902 bits per heavy atom. The van der Waals surface area contributed by atoms with E-state index in [2.05, 4.69) is 100 Å². The highest BCUT2D eigenvalue weighted by atomic mass is 19.1. The average molecular weight is 530 g/mol. The molecule has 2 aromatic heterocycles. The van der Waals surface area contributed by atoms with E-state index in [9.17, 15) is 9.41 Å². The molecule has 0 atom stereocenters. The Balaban J connectivity index is 1.32. The molecule has 5 heteroatoms. The van der Waals surface area contributed by atoms with Crippen molar-refractivity contribution in [2.45, 2.75) is 0 Å². The molecule has 0 aliphatic heterocycles. The van der Waals surface area contributed by atoms with Crippen molar-refractivity contribution in [1.82, 2.24) is 9.13 Å². The van der Waals surface area contributed by atoms with Crippen LogP contribution in [-0.4, -0.2) is 21.6 Å². The third-order valence-electron chi connectivity index (χ3n) is 8.14. The summed E-state index contributed by atoms with van der Waals surface area (Å²) < 4.78 is 18.2. The number of fused-ring (bicyclic) bond motifs is 6. The van der Waals surface area contributed by atoms with Crippen LogP contribution in [0.25, 0.3) is 66.1 Å². The predicted molar refractivity (Wildman–Crippen MR) is 170 cm³/mol. The summed E-state index contributed by atoms with van der Waals surface area (Å²) >= 11 is 0. The van der Waals surface area contributed by atoms with Crippen LogP contribution < -0.4 is 5.46 Å². The second-order valence-corrected chi connectivity index (χ2v) is 10.5. The van der Waals surface area contributed by atoms with Crippen LogP contribution in [0.5, 0.6) is 0 Å². The summed E-state index contributed by atoms with van der Waals surface area (Å²) in [6.45, 7) is 0. The fourth-order valence-corrected chi connectivity index (χ4v) is 6.20. The van der Waals surface area contributed by atoms with Gasteiger partial charge in [-0.25, -0.2) is 4.39 Å². The zero-order valence-electron chi connectivity index (χ0n) is 22.1. The van der Waals surface area contributed by atoms with Crippen LogP contribution in [0, 0.1) is 5.82 Å². The lowest BCUT2D eigenvalue weighted by Crippen LogP contribution is -2.12. The Hall–Kier alpha value is -5.13. The quantitative estimate of drug-likeness (QED) is 0.233. The number of hydrogen-bond donors (Lipinski definition) is 1. The largest absolute Gasteiger partial charge is 0.449 e. The topological polar surface area (TPSA) is 30.1 Å². The lowest BCUT2D eigenvalue weighted by molar-refractivity contribution is 0.615. The third kappa shape index (κ3) is 3.70. The Labute approximate surface area is 236 Å². The van der Waals surface area contributed by atoms with Crippen molar-refractivity contribution < 1.29 is 9.41 Å². The number of halogens is 1. The van der Waals surface area contributed by atoms with E-state index in [0.717, 1.165) is 60.8 Å². The van der Waals surface area contributed by atoms with Crippen LogP contribution in [-0.2, 0) is 0 Å². The summed E-state index contributed by atoms with van der Waals surface area (Å²) in [6.07, 6.45) is 0.